The zero-order valence-electron chi connectivity index (χ0n) is 14.5. The van der Waals surface area contributed by atoms with Gasteiger partial charge in [0.05, 0.1) is 16.5 Å². The second-order valence-electron chi connectivity index (χ2n) is 5.78. The van der Waals surface area contributed by atoms with Gasteiger partial charge in [-0.15, -0.1) is 0 Å². The number of hydrogen-bond donors (Lipinski definition) is 2. The van der Waals surface area contributed by atoms with E-state index in [1.54, 1.807) is 30.3 Å². The van der Waals surface area contributed by atoms with Gasteiger partial charge in [0.15, 0.2) is 0 Å². The standard InChI is InChI=1S/C19H21N3O3S/c1-2-3-4-12-21-26(24,25)18-7-5-6-16(13-18)19(23)22-17-10-8-15(14-20)9-11-17/h5-11,13,21H,2-4,12H2,1H3,(H,22,23). The first-order valence-electron chi connectivity index (χ1n) is 8.37. The number of nitriles is 1. The van der Waals surface area contributed by atoms with Gasteiger partial charge in [0.2, 0.25) is 10.0 Å². The molecule has 6 nitrogen and oxygen atoms in total. The van der Waals surface area contributed by atoms with Crippen molar-refractivity contribution >= 4 is 21.6 Å². The summed E-state index contributed by atoms with van der Waals surface area (Å²) in [6, 6.07) is 14.3. The molecule has 0 heterocycles. The summed E-state index contributed by atoms with van der Waals surface area (Å²) in [5.41, 5.74) is 1.26. The Morgan fingerprint density at radius 3 is 2.50 bits per heavy atom. The van der Waals surface area contributed by atoms with E-state index in [1.807, 2.05) is 13.0 Å². The predicted octanol–water partition coefficient (Wildman–Crippen LogP) is 3.28. The quantitative estimate of drug-likeness (QED) is 0.696. The molecule has 0 unspecified atom stereocenters. The van der Waals surface area contributed by atoms with Crippen LogP contribution in [-0.4, -0.2) is 20.9 Å². The first-order valence-corrected chi connectivity index (χ1v) is 9.86. The fourth-order valence-corrected chi connectivity index (χ4v) is 3.42. The fraction of sp³-hybridized carbons (Fsp3) is 0.263. The Labute approximate surface area is 153 Å². The highest BCUT2D eigenvalue weighted by Crippen LogP contribution is 2.15. The van der Waals surface area contributed by atoms with Crippen LogP contribution >= 0.6 is 0 Å². The molecule has 1 amide bonds. The van der Waals surface area contributed by atoms with Crippen molar-refractivity contribution in [3.05, 3.63) is 59.7 Å². The average Bonchev–Trinajstić information content (AvgIpc) is 2.66. The van der Waals surface area contributed by atoms with Crippen molar-refractivity contribution in [2.24, 2.45) is 0 Å². The molecule has 0 radical (unpaired) electrons. The molecule has 0 aromatic heterocycles. The number of sulfonamides is 1. The third-order valence-electron chi connectivity index (χ3n) is 3.75. The lowest BCUT2D eigenvalue weighted by molar-refractivity contribution is 0.102. The van der Waals surface area contributed by atoms with E-state index in [1.165, 1.54) is 18.2 Å². The Morgan fingerprint density at radius 2 is 1.85 bits per heavy atom. The average molecular weight is 371 g/mol. The molecule has 136 valence electrons. The van der Waals surface area contributed by atoms with Gasteiger partial charge in [-0.25, -0.2) is 13.1 Å². The number of rotatable bonds is 8. The normalized spacial score (nSPS) is 10.9. The van der Waals surface area contributed by atoms with Crippen molar-refractivity contribution < 1.29 is 13.2 Å². The third kappa shape index (κ3) is 5.41. The summed E-state index contributed by atoms with van der Waals surface area (Å²) in [6.45, 7) is 2.42. The number of nitrogens with one attached hydrogen (secondary N) is 2. The van der Waals surface area contributed by atoms with Gasteiger partial charge in [0.25, 0.3) is 5.91 Å². The van der Waals surface area contributed by atoms with Crippen molar-refractivity contribution in [3.63, 3.8) is 0 Å². The largest absolute Gasteiger partial charge is 0.322 e. The van der Waals surface area contributed by atoms with E-state index in [9.17, 15) is 13.2 Å². The number of carbonyl (C=O) groups excluding carboxylic acids is 1. The number of carbonyl (C=O) groups is 1. The minimum absolute atomic E-state index is 0.0569. The van der Waals surface area contributed by atoms with E-state index in [-0.39, 0.29) is 10.5 Å². The molecule has 0 fully saturated rings. The lowest BCUT2D eigenvalue weighted by Gasteiger charge is -2.09. The number of hydrogen-bond acceptors (Lipinski definition) is 4. The van der Waals surface area contributed by atoms with Gasteiger partial charge in [0.1, 0.15) is 0 Å². The van der Waals surface area contributed by atoms with Crippen LogP contribution in [0.15, 0.2) is 53.4 Å². The summed E-state index contributed by atoms with van der Waals surface area (Å²) in [5, 5.41) is 11.5. The van der Waals surface area contributed by atoms with Crippen LogP contribution in [-0.2, 0) is 10.0 Å². The second kappa shape index (κ2) is 9.13. The molecule has 26 heavy (non-hydrogen) atoms. The molecular weight excluding hydrogens is 350 g/mol. The summed E-state index contributed by atoms with van der Waals surface area (Å²) in [5.74, 6) is -0.419. The maximum atomic E-state index is 12.4. The Hall–Kier alpha value is -2.69. The van der Waals surface area contributed by atoms with Crippen LogP contribution in [0.5, 0.6) is 0 Å². The smallest absolute Gasteiger partial charge is 0.255 e. The van der Waals surface area contributed by atoms with Crippen molar-refractivity contribution in [1.82, 2.24) is 4.72 Å². The van der Waals surface area contributed by atoms with E-state index in [0.717, 1.165) is 19.3 Å². The summed E-state index contributed by atoms with van der Waals surface area (Å²) in [4.78, 5) is 12.4. The van der Waals surface area contributed by atoms with Crippen molar-refractivity contribution in [1.29, 1.82) is 5.26 Å². The molecule has 0 atom stereocenters. The molecule has 2 rings (SSSR count). The first-order chi connectivity index (χ1) is 12.5. The van der Waals surface area contributed by atoms with Crippen LogP contribution in [0.2, 0.25) is 0 Å². The molecule has 2 aromatic rings. The topological polar surface area (TPSA) is 99.1 Å². The SMILES string of the molecule is CCCCCNS(=O)(=O)c1cccc(C(=O)Nc2ccc(C#N)cc2)c1. The lowest BCUT2D eigenvalue weighted by Crippen LogP contribution is -2.25. The Balaban J connectivity index is 2.09. The van der Waals surface area contributed by atoms with E-state index in [2.05, 4.69) is 10.0 Å². The molecule has 0 aliphatic carbocycles. The van der Waals surface area contributed by atoms with Gasteiger partial charge in [-0.3, -0.25) is 4.79 Å². The molecule has 0 aliphatic heterocycles. The highest BCUT2D eigenvalue weighted by Gasteiger charge is 2.16. The molecule has 0 saturated carbocycles. The maximum Gasteiger partial charge on any atom is 0.255 e. The Bertz CT molecular complexity index is 900. The summed E-state index contributed by atoms with van der Waals surface area (Å²) in [6.07, 6.45) is 2.73. The van der Waals surface area contributed by atoms with Crippen LogP contribution in [0.3, 0.4) is 0 Å². The minimum atomic E-state index is -3.64. The van der Waals surface area contributed by atoms with Crippen molar-refractivity contribution in [2.45, 2.75) is 31.1 Å². The molecule has 7 heteroatoms. The van der Waals surface area contributed by atoms with Crippen molar-refractivity contribution in [2.75, 3.05) is 11.9 Å². The molecule has 0 bridgehead atoms. The Kier molecular flexibility index (Phi) is 6.89. The molecule has 0 aliphatic rings. The highest BCUT2D eigenvalue weighted by atomic mass is 32.2. The molecular formula is C19H21N3O3S. The molecule has 0 spiro atoms. The number of nitrogens with zero attached hydrogens (tertiary/aromatic N) is 1. The van der Waals surface area contributed by atoms with Gasteiger partial charge < -0.3 is 5.32 Å². The molecule has 2 N–H and O–H groups in total. The summed E-state index contributed by atoms with van der Waals surface area (Å²) < 4.78 is 27.2. The van der Waals surface area contributed by atoms with E-state index in [4.69, 9.17) is 5.26 Å². The first kappa shape index (κ1) is 19.6. The van der Waals surface area contributed by atoms with Crippen LogP contribution in [0.4, 0.5) is 5.69 Å². The maximum absolute atomic E-state index is 12.4. The van der Waals surface area contributed by atoms with Crippen LogP contribution in [0.1, 0.15) is 42.1 Å². The molecule has 2 aromatic carbocycles. The fourth-order valence-electron chi connectivity index (χ4n) is 2.30. The van der Waals surface area contributed by atoms with Crippen LogP contribution in [0, 0.1) is 11.3 Å². The number of amides is 1. The van der Waals surface area contributed by atoms with Crippen molar-refractivity contribution in [3.8, 4) is 6.07 Å². The number of anilines is 1. The molecule has 0 saturated heterocycles. The van der Waals surface area contributed by atoms with Gasteiger partial charge in [-0.05, 0) is 48.9 Å². The summed E-state index contributed by atoms with van der Waals surface area (Å²) >= 11 is 0. The monoisotopic (exact) mass is 371 g/mol. The Morgan fingerprint density at radius 1 is 1.12 bits per heavy atom. The van der Waals surface area contributed by atoms with Gasteiger partial charge in [-0.1, -0.05) is 25.8 Å². The van der Waals surface area contributed by atoms with Gasteiger partial charge in [-0.2, -0.15) is 5.26 Å². The van der Waals surface area contributed by atoms with Gasteiger partial charge in [0, 0.05) is 17.8 Å². The second-order valence-corrected chi connectivity index (χ2v) is 7.54. The van der Waals surface area contributed by atoms with E-state index in [0.29, 0.717) is 17.8 Å². The van der Waals surface area contributed by atoms with Crippen LogP contribution in [0.25, 0.3) is 0 Å². The minimum Gasteiger partial charge on any atom is -0.322 e. The summed E-state index contributed by atoms with van der Waals surface area (Å²) in [7, 11) is -3.64. The van der Waals surface area contributed by atoms with E-state index >= 15 is 0 Å². The van der Waals surface area contributed by atoms with Gasteiger partial charge >= 0.3 is 0 Å². The number of benzene rings is 2. The third-order valence-corrected chi connectivity index (χ3v) is 5.21. The number of unbranched alkanes of at least 4 members (excludes halogenated alkanes) is 2. The van der Waals surface area contributed by atoms with Crippen LogP contribution < -0.4 is 10.0 Å². The lowest BCUT2D eigenvalue weighted by atomic mass is 10.2. The zero-order chi connectivity index (χ0) is 19.0. The highest BCUT2D eigenvalue weighted by molar-refractivity contribution is 7.89. The predicted molar refractivity (Wildman–Crippen MR) is 100 cm³/mol. The zero-order valence-corrected chi connectivity index (χ0v) is 15.3. The van der Waals surface area contributed by atoms with E-state index < -0.39 is 15.9 Å².